The highest BCUT2D eigenvalue weighted by atomic mass is 16.5. The van der Waals surface area contributed by atoms with Crippen molar-refractivity contribution in [1.82, 2.24) is 9.97 Å². The second kappa shape index (κ2) is 4.91. The molecule has 1 aromatic carbocycles. The van der Waals surface area contributed by atoms with Gasteiger partial charge < -0.3 is 14.5 Å². The molecule has 1 aromatic heterocycles. The lowest BCUT2D eigenvalue weighted by Gasteiger charge is -2.09. The molecular weight excluding hydrogens is 232 g/mol. The molecule has 5 heteroatoms. The zero-order chi connectivity index (χ0) is 13.1. The van der Waals surface area contributed by atoms with Crippen molar-refractivity contribution in [2.24, 2.45) is 0 Å². The number of hydrogen-bond acceptors (Lipinski definition) is 4. The molecule has 0 atom stereocenters. The molecule has 1 heterocycles. The van der Waals surface area contributed by atoms with E-state index in [4.69, 9.17) is 9.47 Å². The van der Waals surface area contributed by atoms with E-state index in [-0.39, 0.29) is 5.56 Å². The minimum Gasteiger partial charge on any atom is -0.497 e. The molecule has 0 aliphatic carbocycles. The van der Waals surface area contributed by atoms with Gasteiger partial charge in [0.1, 0.15) is 11.5 Å². The van der Waals surface area contributed by atoms with Crippen molar-refractivity contribution in [3.8, 4) is 22.8 Å². The molecule has 0 saturated carbocycles. The maximum absolute atomic E-state index is 11.6. The van der Waals surface area contributed by atoms with Crippen molar-refractivity contribution in [3.63, 3.8) is 0 Å². The maximum atomic E-state index is 11.6. The minimum atomic E-state index is -0.151. The van der Waals surface area contributed by atoms with Crippen LogP contribution in [0.2, 0.25) is 0 Å². The number of aromatic amines is 1. The van der Waals surface area contributed by atoms with E-state index in [9.17, 15) is 4.79 Å². The van der Waals surface area contributed by atoms with Crippen LogP contribution in [0.15, 0.2) is 29.3 Å². The number of benzene rings is 1. The highest BCUT2D eigenvalue weighted by Gasteiger charge is 2.09. The minimum absolute atomic E-state index is 0.151. The lowest BCUT2D eigenvalue weighted by molar-refractivity contribution is 0.394. The zero-order valence-electron chi connectivity index (χ0n) is 10.5. The van der Waals surface area contributed by atoms with Gasteiger partial charge in [-0.2, -0.15) is 0 Å². The van der Waals surface area contributed by atoms with Gasteiger partial charge in [-0.15, -0.1) is 0 Å². The van der Waals surface area contributed by atoms with Gasteiger partial charge in [-0.05, 0) is 19.1 Å². The van der Waals surface area contributed by atoms with Crippen LogP contribution < -0.4 is 15.0 Å². The van der Waals surface area contributed by atoms with Gasteiger partial charge in [0.15, 0.2) is 0 Å². The van der Waals surface area contributed by atoms with Crippen LogP contribution in [0.5, 0.6) is 11.5 Å². The molecule has 0 unspecified atom stereocenters. The fourth-order valence-corrected chi connectivity index (χ4v) is 1.70. The molecule has 0 fully saturated rings. The lowest BCUT2D eigenvalue weighted by Crippen LogP contribution is -2.11. The number of nitrogens with zero attached hydrogens (tertiary/aromatic N) is 1. The molecule has 0 saturated heterocycles. The van der Waals surface area contributed by atoms with Crippen LogP contribution in [-0.4, -0.2) is 24.2 Å². The number of hydrogen-bond donors (Lipinski definition) is 1. The smallest absolute Gasteiger partial charge is 0.254 e. The number of nitrogens with one attached hydrogen (secondary N) is 1. The van der Waals surface area contributed by atoms with Crippen LogP contribution in [0, 0.1) is 6.92 Å². The number of H-pyrrole nitrogens is 1. The van der Waals surface area contributed by atoms with Crippen LogP contribution in [-0.2, 0) is 0 Å². The molecule has 2 aromatic rings. The van der Waals surface area contributed by atoms with Gasteiger partial charge in [-0.1, -0.05) is 0 Å². The third kappa shape index (κ3) is 2.20. The maximum Gasteiger partial charge on any atom is 0.254 e. The van der Waals surface area contributed by atoms with E-state index in [1.54, 1.807) is 27.2 Å². The summed E-state index contributed by atoms with van der Waals surface area (Å²) in [6.45, 7) is 1.73. The summed E-state index contributed by atoms with van der Waals surface area (Å²) in [7, 11) is 3.16. The molecular formula is C13H14N2O3. The molecule has 18 heavy (non-hydrogen) atoms. The summed E-state index contributed by atoms with van der Waals surface area (Å²) in [5.41, 5.74) is 1.82. The largest absolute Gasteiger partial charge is 0.497 e. The summed E-state index contributed by atoms with van der Waals surface area (Å²) >= 11 is 0. The van der Waals surface area contributed by atoms with Gasteiger partial charge in [0.25, 0.3) is 5.56 Å². The topological polar surface area (TPSA) is 64.2 Å². The summed E-state index contributed by atoms with van der Waals surface area (Å²) in [5, 5.41) is 0. The van der Waals surface area contributed by atoms with Crippen molar-refractivity contribution >= 4 is 0 Å². The van der Waals surface area contributed by atoms with Gasteiger partial charge in [0.05, 0.1) is 26.2 Å². The quantitative estimate of drug-likeness (QED) is 0.896. The molecule has 2 rings (SSSR count). The van der Waals surface area contributed by atoms with Crippen molar-refractivity contribution in [3.05, 3.63) is 40.4 Å². The SMILES string of the molecule is COc1cc(OC)cc(-c2nc[nH]c(=O)c2C)c1. The Balaban J connectivity index is 2.63. The van der Waals surface area contributed by atoms with Crippen molar-refractivity contribution in [1.29, 1.82) is 0 Å². The number of ether oxygens (including phenoxy) is 2. The van der Waals surface area contributed by atoms with Crippen molar-refractivity contribution in [2.45, 2.75) is 6.92 Å². The summed E-state index contributed by atoms with van der Waals surface area (Å²) in [4.78, 5) is 18.3. The zero-order valence-corrected chi connectivity index (χ0v) is 10.5. The standard InChI is InChI=1S/C13H14N2O3/c1-8-12(14-7-15-13(8)16)9-4-10(17-2)6-11(5-9)18-3/h4-7H,1-3H3,(H,14,15,16). The molecule has 0 bridgehead atoms. The molecule has 0 amide bonds. The van der Waals surface area contributed by atoms with Crippen molar-refractivity contribution in [2.75, 3.05) is 14.2 Å². The molecule has 0 aliphatic rings. The Morgan fingerprint density at radius 3 is 2.28 bits per heavy atom. The molecule has 0 aliphatic heterocycles. The number of aromatic nitrogens is 2. The van der Waals surface area contributed by atoms with E-state index in [1.165, 1.54) is 6.33 Å². The Labute approximate surface area is 104 Å². The number of methoxy groups -OCH3 is 2. The summed E-state index contributed by atoms with van der Waals surface area (Å²) in [6.07, 6.45) is 1.39. The first-order valence-electron chi connectivity index (χ1n) is 5.43. The summed E-state index contributed by atoms with van der Waals surface area (Å²) < 4.78 is 10.4. The molecule has 0 radical (unpaired) electrons. The van der Waals surface area contributed by atoms with E-state index in [2.05, 4.69) is 9.97 Å². The van der Waals surface area contributed by atoms with Crippen LogP contribution in [0.25, 0.3) is 11.3 Å². The molecule has 5 nitrogen and oxygen atoms in total. The number of rotatable bonds is 3. The van der Waals surface area contributed by atoms with Gasteiger partial charge in [0.2, 0.25) is 0 Å². The van der Waals surface area contributed by atoms with E-state index in [0.29, 0.717) is 22.8 Å². The first-order valence-corrected chi connectivity index (χ1v) is 5.43. The average Bonchev–Trinajstić information content (AvgIpc) is 2.41. The predicted octanol–water partition coefficient (Wildman–Crippen LogP) is 1.76. The third-order valence-electron chi connectivity index (χ3n) is 2.71. The van der Waals surface area contributed by atoms with Crippen molar-refractivity contribution < 1.29 is 9.47 Å². The average molecular weight is 246 g/mol. The Hall–Kier alpha value is -2.30. The third-order valence-corrected chi connectivity index (χ3v) is 2.71. The monoisotopic (exact) mass is 246 g/mol. The Morgan fingerprint density at radius 2 is 1.72 bits per heavy atom. The van der Waals surface area contributed by atoms with E-state index >= 15 is 0 Å². The highest BCUT2D eigenvalue weighted by molar-refractivity contribution is 5.66. The summed E-state index contributed by atoms with van der Waals surface area (Å²) in [6, 6.07) is 5.40. The van der Waals surface area contributed by atoms with Gasteiger partial charge >= 0.3 is 0 Å². The van der Waals surface area contributed by atoms with Gasteiger partial charge in [-0.25, -0.2) is 4.98 Å². The highest BCUT2D eigenvalue weighted by Crippen LogP contribution is 2.29. The first kappa shape index (κ1) is 12.2. The van der Waals surface area contributed by atoms with Gasteiger partial charge in [0, 0.05) is 17.2 Å². The fourth-order valence-electron chi connectivity index (χ4n) is 1.70. The van der Waals surface area contributed by atoms with E-state index in [1.807, 2.05) is 12.1 Å². The predicted molar refractivity (Wildman–Crippen MR) is 68.1 cm³/mol. The molecule has 0 spiro atoms. The Bertz CT molecular complexity index is 598. The molecule has 94 valence electrons. The van der Waals surface area contributed by atoms with E-state index < -0.39 is 0 Å². The van der Waals surface area contributed by atoms with Crippen LogP contribution >= 0.6 is 0 Å². The summed E-state index contributed by atoms with van der Waals surface area (Å²) in [5.74, 6) is 1.32. The van der Waals surface area contributed by atoms with E-state index in [0.717, 1.165) is 5.56 Å². The fraction of sp³-hybridized carbons (Fsp3) is 0.231. The van der Waals surface area contributed by atoms with Crippen LogP contribution in [0.1, 0.15) is 5.56 Å². The normalized spacial score (nSPS) is 10.2. The second-order valence-corrected chi connectivity index (χ2v) is 3.81. The van der Waals surface area contributed by atoms with Gasteiger partial charge in [-0.3, -0.25) is 4.79 Å². The Morgan fingerprint density at radius 1 is 1.11 bits per heavy atom. The second-order valence-electron chi connectivity index (χ2n) is 3.81. The van der Waals surface area contributed by atoms with Crippen LogP contribution in [0.4, 0.5) is 0 Å². The van der Waals surface area contributed by atoms with Crippen LogP contribution in [0.3, 0.4) is 0 Å². The first-order chi connectivity index (χ1) is 8.65. The molecule has 1 N–H and O–H groups in total. The lowest BCUT2D eigenvalue weighted by atomic mass is 10.1. The Kier molecular flexibility index (Phi) is 3.32.